The van der Waals surface area contributed by atoms with Gasteiger partial charge in [0.2, 0.25) is 0 Å². The number of anilines is 1. The van der Waals surface area contributed by atoms with E-state index in [1.807, 2.05) is 13.8 Å². The standard InChI is InChI=1S/C26H34N2O4/c1-25(2,3)18-6-8-19(9-7-18)26(4,5)17-27-23(29)24(30)28-20-10-12-21(13-11-20)32-22-14-15-31-16-22/h6-13,22H,14-17H2,1-5H3,(H,27,29)(H,28,30). The molecule has 32 heavy (non-hydrogen) atoms. The van der Waals surface area contributed by atoms with Crippen LogP contribution in [0.1, 0.15) is 52.2 Å². The van der Waals surface area contributed by atoms with E-state index < -0.39 is 11.8 Å². The van der Waals surface area contributed by atoms with E-state index in [1.165, 1.54) is 5.56 Å². The van der Waals surface area contributed by atoms with Gasteiger partial charge in [-0.25, -0.2) is 0 Å². The maximum Gasteiger partial charge on any atom is 0.313 e. The Labute approximate surface area is 190 Å². The van der Waals surface area contributed by atoms with Gasteiger partial charge < -0.3 is 20.1 Å². The van der Waals surface area contributed by atoms with Crippen LogP contribution in [0.5, 0.6) is 5.75 Å². The van der Waals surface area contributed by atoms with Gasteiger partial charge in [0.1, 0.15) is 11.9 Å². The molecule has 1 fully saturated rings. The average Bonchev–Trinajstić information content (AvgIpc) is 3.26. The highest BCUT2D eigenvalue weighted by atomic mass is 16.5. The third-order valence-corrected chi connectivity index (χ3v) is 5.73. The predicted molar refractivity (Wildman–Crippen MR) is 126 cm³/mol. The van der Waals surface area contributed by atoms with Gasteiger partial charge in [0.05, 0.1) is 13.2 Å². The average molecular weight is 439 g/mol. The van der Waals surface area contributed by atoms with Gasteiger partial charge in [-0.1, -0.05) is 58.9 Å². The first-order valence-electron chi connectivity index (χ1n) is 11.1. The Balaban J connectivity index is 1.50. The monoisotopic (exact) mass is 438 g/mol. The minimum Gasteiger partial charge on any atom is -0.488 e. The second-order valence-corrected chi connectivity index (χ2v) is 9.98. The van der Waals surface area contributed by atoms with E-state index in [4.69, 9.17) is 9.47 Å². The molecule has 172 valence electrons. The third-order valence-electron chi connectivity index (χ3n) is 5.73. The van der Waals surface area contributed by atoms with Gasteiger partial charge in [0, 0.05) is 24.1 Å². The molecule has 1 aliphatic heterocycles. The molecule has 2 aromatic rings. The smallest absolute Gasteiger partial charge is 0.313 e. The van der Waals surface area contributed by atoms with Crippen molar-refractivity contribution in [3.8, 4) is 5.75 Å². The van der Waals surface area contributed by atoms with E-state index in [-0.39, 0.29) is 16.9 Å². The fourth-order valence-corrected chi connectivity index (χ4v) is 3.51. The van der Waals surface area contributed by atoms with Crippen molar-refractivity contribution in [1.82, 2.24) is 5.32 Å². The quantitative estimate of drug-likeness (QED) is 0.663. The summed E-state index contributed by atoms with van der Waals surface area (Å²) in [5.41, 5.74) is 2.68. The molecule has 2 amide bonds. The summed E-state index contributed by atoms with van der Waals surface area (Å²) in [4.78, 5) is 24.7. The van der Waals surface area contributed by atoms with Crippen LogP contribution >= 0.6 is 0 Å². The van der Waals surface area contributed by atoms with Crippen LogP contribution in [0.25, 0.3) is 0 Å². The van der Waals surface area contributed by atoms with E-state index in [1.54, 1.807) is 24.3 Å². The van der Waals surface area contributed by atoms with Crippen LogP contribution in [0.2, 0.25) is 0 Å². The summed E-state index contributed by atoms with van der Waals surface area (Å²) in [5.74, 6) is -0.642. The van der Waals surface area contributed by atoms with Crippen molar-refractivity contribution in [2.75, 3.05) is 25.1 Å². The minimum absolute atomic E-state index is 0.0641. The first kappa shape index (κ1) is 23.8. The van der Waals surface area contributed by atoms with Crippen molar-refractivity contribution >= 4 is 17.5 Å². The second kappa shape index (κ2) is 9.74. The van der Waals surface area contributed by atoms with Crippen LogP contribution in [0, 0.1) is 0 Å². The molecular weight excluding hydrogens is 404 g/mol. The first-order chi connectivity index (χ1) is 15.0. The first-order valence-corrected chi connectivity index (χ1v) is 11.1. The van der Waals surface area contributed by atoms with Crippen LogP contribution in [0.4, 0.5) is 5.69 Å². The molecule has 6 heteroatoms. The molecule has 1 aliphatic rings. The van der Waals surface area contributed by atoms with E-state index in [9.17, 15) is 9.59 Å². The lowest BCUT2D eigenvalue weighted by atomic mass is 9.81. The highest BCUT2D eigenvalue weighted by Gasteiger charge is 2.24. The van der Waals surface area contributed by atoms with Gasteiger partial charge in [-0.15, -0.1) is 0 Å². The topological polar surface area (TPSA) is 76.7 Å². The molecular formula is C26H34N2O4. The van der Waals surface area contributed by atoms with E-state index in [2.05, 4.69) is 55.7 Å². The Morgan fingerprint density at radius 3 is 2.12 bits per heavy atom. The lowest BCUT2D eigenvalue weighted by Gasteiger charge is -2.27. The molecule has 1 atom stereocenters. The van der Waals surface area contributed by atoms with Gasteiger partial charge in [-0.2, -0.15) is 0 Å². The van der Waals surface area contributed by atoms with Crippen molar-refractivity contribution < 1.29 is 19.1 Å². The van der Waals surface area contributed by atoms with Crippen molar-refractivity contribution in [3.63, 3.8) is 0 Å². The maximum atomic E-state index is 12.3. The summed E-state index contributed by atoms with van der Waals surface area (Å²) in [7, 11) is 0. The van der Waals surface area contributed by atoms with E-state index >= 15 is 0 Å². The SMILES string of the molecule is CC(C)(C)c1ccc(C(C)(C)CNC(=O)C(=O)Nc2ccc(OC3CCOC3)cc2)cc1. The van der Waals surface area contributed by atoms with Crippen LogP contribution < -0.4 is 15.4 Å². The van der Waals surface area contributed by atoms with Crippen molar-refractivity contribution in [3.05, 3.63) is 59.7 Å². The predicted octanol–water partition coefficient (Wildman–Crippen LogP) is 4.18. The molecule has 1 heterocycles. The maximum absolute atomic E-state index is 12.3. The number of amides is 2. The zero-order valence-electron chi connectivity index (χ0n) is 19.7. The van der Waals surface area contributed by atoms with Gasteiger partial charge in [-0.3, -0.25) is 9.59 Å². The molecule has 2 N–H and O–H groups in total. The largest absolute Gasteiger partial charge is 0.488 e. The Bertz CT molecular complexity index is 922. The van der Waals surface area contributed by atoms with E-state index in [0.29, 0.717) is 31.2 Å². The second-order valence-electron chi connectivity index (χ2n) is 9.98. The summed E-state index contributed by atoms with van der Waals surface area (Å²) >= 11 is 0. The summed E-state index contributed by atoms with van der Waals surface area (Å²) in [6.45, 7) is 12.3. The third kappa shape index (κ3) is 6.33. The number of nitrogens with one attached hydrogen (secondary N) is 2. The van der Waals surface area contributed by atoms with Gasteiger partial charge in [0.15, 0.2) is 0 Å². The van der Waals surface area contributed by atoms with Gasteiger partial charge in [0.25, 0.3) is 0 Å². The molecule has 1 unspecified atom stereocenters. The lowest BCUT2D eigenvalue weighted by Crippen LogP contribution is -2.42. The number of hydrogen-bond acceptors (Lipinski definition) is 4. The van der Waals surface area contributed by atoms with Crippen LogP contribution in [0.15, 0.2) is 48.5 Å². The van der Waals surface area contributed by atoms with Crippen LogP contribution in [0.3, 0.4) is 0 Å². The highest BCUT2D eigenvalue weighted by Crippen LogP contribution is 2.27. The molecule has 2 aromatic carbocycles. The Morgan fingerprint density at radius 2 is 1.56 bits per heavy atom. The minimum atomic E-state index is -0.693. The zero-order chi connectivity index (χ0) is 23.4. The number of carbonyl (C=O) groups excluding carboxylic acids is 2. The number of ether oxygens (including phenoxy) is 2. The molecule has 0 bridgehead atoms. The normalized spacial score (nSPS) is 16.5. The number of carbonyl (C=O) groups is 2. The number of benzene rings is 2. The summed E-state index contributed by atoms with van der Waals surface area (Å²) in [5, 5.41) is 5.39. The summed E-state index contributed by atoms with van der Waals surface area (Å²) < 4.78 is 11.1. The summed E-state index contributed by atoms with van der Waals surface area (Å²) in [6, 6.07) is 15.4. The van der Waals surface area contributed by atoms with Crippen LogP contribution in [-0.2, 0) is 25.2 Å². The van der Waals surface area contributed by atoms with Crippen LogP contribution in [-0.4, -0.2) is 37.7 Å². The molecule has 0 aliphatic carbocycles. The Morgan fingerprint density at radius 1 is 0.938 bits per heavy atom. The van der Waals surface area contributed by atoms with Gasteiger partial charge >= 0.3 is 11.8 Å². The molecule has 0 aromatic heterocycles. The number of hydrogen-bond donors (Lipinski definition) is 2. The highest BCUT2D eigenvalue weighted by molar-refractivity contribution is 6.39. The molecule has 3 rings (SSSR count). The Kier molecular flexibility index (Phi) is 7.24. The Hall–Kier alpha value is -2.86. The molecule has 1 saturated heterocycles. The molecule has 0 saturated carbocycles. The van der Waals surface area contributed by atoms with Crippen molar-refractivity contribution in [1.29, 1.82) is 0 Å². The molecule has 0 radical (unpaired) electrons. The lowest BCUT2D eigenvalue weighted by molar-refractivity contribution is -0.136. The van der Waals surface area contributed by atoms with E-state index in [0.717, 1.165) is 12.0 Å². The van der Waals surface area contributed by atoms with Crippen molar-refractivity contribution in [2.24, 2.45) is 0 Å². The van der Waals surface area contributed by atoms with Gasteiger partial charge in [-0.05, 0) is 40.8 Å². The molecule has 6 nitrogen and oxygen atoms in total. The number of rotatable bonds is 6. The van der Waals surface area contributed by atoms with Crippen molar-refractivity contribution in [2.45, 2.75) is 58.0 Å². The fourth-order valence-electron chi connectivity index (χ4n) is 3.51. The molecule has 0 spiro atoms. The fraction of sp³-hybridized carbons (Fsp3) is 0.462. The zero-order valence-corrected chi connectivity index (χ0v) is 19.7. The summed E-state index contributed by atoms with van der Waals surface area (Å²) in [6.07, 6.45) is 0.935.